The second kappa shape index (κ2) is 10.1. The van der Waals surface area contributed by atoms with Crippen LogP contribution < -0.4 is 5.32 Å². The van der Waals surface area contributed by atoms with Crippen LogP contribution in [-0.4, -0.2) is 65.5 Å². The number of hydrogen-bond donors (Lipinski definition) is 1. The molecule has 1 saturated heterocycles. The fourth-order valence-electron chi connectivity index (χ4n) is 4.65. The lowest BCUT2D eigenvalue weighted by atomic mass is 9.95. The molecule has 9 nitrogen and oxygen atoms in total. The molecule has 1 aromatic carbocycles. The summed E-state index contributed by atoms with van der Waals surface area (Å²) in [6.07, 6.45) is 6.61. The second-order valence-corrected chi connectivity index (χ2v) is 11.4. The van der Waals surface area contributed by atoms with Gasteiger partial charge in [-0.25, -0.2) is 17.4 Å². The Hall–Kier alpha value is -3.44. The molecule has 0 aliphatic carbocycles. The number of anilines is 1. The molecular formula is C25H26BClN6O3S. The number of nitrogens with zero attached hydrogens (tertiary/aromatic N) is 5. The van der Waals surface area contributed by atoms with Crippen molar-refractivity contribution in [3.8, 4) is 11.1 Å². The summed E-state index contributed by atoms with van der Waals surface area (Å²) in [5.74, 6) is 0.893. The number of carbonyl (C=O) groups excluding carboxylic acids is 1. The van der Waals surface area contributed by atoms with Crippen molar-refractivity contribution in [3.63, 3.8) is 0 Å². The third-order valence-electron chi connectivity index (χ3n) is 6.77. The molecular weight excluding hydrogens is 511 g/mol. The molecule has 5 rings (SSSR count). The Bertz CT molecular complexity index is 1550. The minimum atomic E-state index is -3.97. The zero-order valence-corrected chi connectivity index (χ0v) is 22.1. The van der Waals surface area contributed by atoms with Crippen molar-refractivity contribution in [3.05, 3.63) is 65.8 Å². The molecule has 1 aliphatic rings. The Balaban J connectivity index is 1.58. The molecule has 0 unspecified atom stereocenters. The summed E-state index contributed by atoms with van der Waals surface area (Å²) in [7, 11) is -2.37. The number of rotatable bonds is 6. The average Bonchev–Trinajstić information content (AvgIpc) is 3.28. The Morgan fingerprint density at radius 3 is 2.43 bits per heavy atom. The zero-order valence-electron chi connectivity index (χ0n) is 20.6. The van der Waals surface area contributed by atoms with Crippen LogP contribution in [0.4, 0.5) is 10.6 Å². The maximum absolute atomic E-state index is 13.7. The van der Waals surface area contributed by atoms with Gasteiger partial charge in [0.2, 0.25) is 13.1 Å². The van der Waals surface area contributed by atoms with E-state index in [2.05, 4.69) is 20.3 Å². The van der Waals surface area contributed by atoms with Gasteiger partial charge in [0, 0.05) is 43.8 Å². The summed E-state index contributed by atoms with van der Waals surface area (Å²) in [5, 5.41) is 3.91. The predicted molar refractivity (Wildman–Crippen MR) is 146 cm³/mol. The highest BCUT2D eigenvalue weighted by Gasteiger charge is 2.27. The number of fused-ring (bicyclic) bond motifs is 1. The minimum Gasteiger partial charge on any atom is -0.369 e. The van der Waals surface area contributed by atoms with E-state index in [0.717, 1.165) is 37.1 Å². The maximum atomic E-state index is 13.7. The first-order chi connectivity index (χ1) is 17.7. The average molecular weight is 537 g/mol. The Morgan fingerprint density at radius 1 is 1.11 bits per heavy atom. The first kappa shape index (κ1) is 25.2. The van der Waals surface area contributed by atoms with Crippen molar-refractivity contribution in [1.29, 1.82) is 0 Å². The lowest BCUT2D eigenvalue weighted by molar-refractivity contribution is 0.194. The number of piperidine rings is 1. The van der Waals surface area contributed by atoms with Crippen molar-refractivity contribution in [2.24, 2.45) is 5.92 Å². The van der Waals surface area contributed by atoms with E-state index in [1.54, 1.807) is 50.7 Å². The van der Waals surface area contributed by atoms with Gasteiger partial charge in [0.05, 0.1) is 10.3 Å². The number of likely N-dealkylation sites (tertiary alicyclic amines) is 1. The zero-order chi connectivity index (χ0) is 26.2. The van der Waals surface area contributed by atoms with Crippen molar-refractivity contribution < 1.29 is 13.2 Å². The molecule has 37 heavy (non-hydrogen) atoms. The van der Waals surface area contributed by atoms with E-state index in [1.165, 1.54) is 3.97 Å². The van der Waals surface area contributed by atoms with E-state index in [4.69, 9.17) is 11.6 Å². The number of aromatic nitrogens is 4. The molecule has 3 aromatic heterocycles. The number of nitrogens with one attached hydrogen (secondary N) is 1. The van der Waals surface area contributed by atoms with Crippen LogP contribution in [0.3, 0.4) is 0 Å². The molecule has 0 saturated carbocycles. The van der Waals surface area contributed by atoms with Crippen molar-refractivity contribution >= 4 is 52.1 Å². The fourth-order valence-corrected chi connectivity index (χ4v) is 6.13. The van der Waals surface area contributed by atoms with Gasteiger partial charge in [0.25, 0.3) is 10.0 Å². The highest BCUT2D eigenvalue weighted by molar-refractivity contribution is 7.90. The first-order valence-corrected chi connectivity index (χ1v) is 13.9. The lowest BCUT2D eigenvalue weighted by Crippen LogP contribution is -2.39. The summed E-state index contributed by atoms with van der Waals surface area (Å²) in [4.78, 5) is 26.6. The summed E-state index contributed by atoms with van der Waals surface area (Å²) >= 11 is 6.32. The van der Waals surface area contributed by atoms with Crippen LogP contribution in [0, 0.1) is 12.8 Å². The van der Waals surface area contributed by atoms with Gasteiger partial charge in [-0.05, 0) is 67.1 Å². The van der Waals surface area contributed by atoms with Gasteiger partial charge in [-0.15, -0.1) is 0 Å². The third-order valence-corrected chi connectivity index (χ3v) is 8.61. The second-order valence-electron chi connectivity index (χ2n) is 9.26. The number of aryl methyl sites for hydroxylation is 1. The van der Waals surface area contributed by atoms with E-state index < -0.39 is 10.0 Å². The molecule has 1 aliphatic heterocycles. The number of benzene rings is 1. The highest BCUT2D eigenvalue weighted by atomic mass is 35.5. The SMILES string of the molecule is BC(=O)N1CCC(CNc2nc(Cl)nc3c2c(-c2ccncc2)cn3S(=O)(=O)c2ccc(C)cc2)CC1. The van der Waals surface area contributed by atoms with Crippen molar-refractivity contribution in [1.82, 2.24) is 23.8 Å². The maximum Gasteiger partial charge on any atom is 0.269 e. The van der Waals surface area contributed by atoms with Crippen molar-refractivity contribution in [2.75, 3.05) is 25.0 Å². The summed E-state index contributed by atoms with van der Waals surface area (Å²) in [6.45, 7) is 3.95. The van der Waals surface area contributed by atoms with Crippen LogP contribution in [-0.2, 0) is 10.0 Å². The number of pyridine rings is 1. The van der Waals surface area contributed by atoms with Crippen LogP contribution in [0.1, 0.15) is 18.4 Å². The van der Waals surface area contributed by atoms with Gasteiger partial charge in [0.15, 0.2) is 11.5 Å². The predicted octanol–water partition coefficient (Wildman–Crippen LogP) is 3.57. The fraction of sp³-hybridized carbons (Fsp3) is 0.280. The van der Waals surface area contributed by atoms with Gasteiger partial charge in [-0.2, -0.15) is 4.98 Å². The molecule has 190 valence electrons. The lowest BCUT2D eigenvalue weighted by Gasteiger charge is -2.31. The number of carbonyl (C=O) groups is 1. The largest absolute Gasteiger partial charge is 0.369 e. The van der Waals surface area contributed by atoms with E-state index in [0.29, 0.717) is 29.2 Å². The normalized spacial score (nSPS) is 14.7. The monoisotopic (exact) mass is 536 g/mol. The smallest absolute Gasteiger partial charge is 0.269 e. The van der Waals surface area contributed by atoms with Gasteiger partial charge in [-0.1, -0.05) is 17.7 Å². The standard InChI is InChI=1S/C25H26BClN6O3S/c1-16-2-4-19(5-3-16)37(35,36)33-15-20(18-6-10-28-11-7-18)21-22(30-25(27)31-23(21)33)29-14-17-8-12-32(13-9-17)24(26)34/h2-7,10-11,15,17H,8-9,12-14,26H2,1H3,(H,29,30,31). The number of halogens is 1. The molecule has 0 radical (unpaired) electrons. The van der Waals surface area contributed by atoms with E-state index >= 15 is 0 Å². The molecule has 4 aromatic rings. The van der Waals surface area contributed by atoms with Crippen LogP contribution in [0.2, 0.25) is 5.28 Å². The van der Waals surface area contributed by atoms with Gasteiger partial charge < -0.3 is 10.2 Å². The van der Waals surface area contributed by atoms with Crippen LogP contribution in [0.15, 0.2) is 59.9 Å². The van der Waals surface area contributed by atoms with E-state index in [1.807, 2.05) is 24.0 Å². The summed E-state index contributed by atoms with van der Waals surface area (Å²) in [5.41, 5.74) is 2.58. The van der Waals surface area contributed by atoms with Crippen molar-refractivity contribution in [2.45, 2.75) is 24.7 Å². The molecule has 12 heteroatoms. The van der Waals surface area contributed by atoms with Gasteiger partial charge in [-0.3, -0.25) is 9.78 Å². The van der Waals surface area contributed by atoms with E-state index in [-0.39, 0.29) is 21.6 Å². The topological polar surface area (TPSA) is 110 Å². The van der Waals surface area contributed by atoms with Gasteiger partial charge >= 0.3 is 0 Å². The third kappa shape index (κ3) is 5.06. The first-order valence-electron chi connectivity index (χ1n) is 12.0. The molecule has 0 spiro atoms. The molecule has 0 bridgehead atoms. The molecule has 1 N–H and O–H groups in total. The Labute approximate surface area is 221 Å². The molecule has 1 fully saturated rings. The Morgan fingerprint density at radius 2 is 1.78 bits per heavy atom. The molecule has 4 heterocycles. The minimum absolute atomic E-state index is 0.0545. The summed E-state index contributed by atoms with van der Waals surface area (Å²) < 4.78 is 28.6. The number of hydrogen-bond acceptors (Lipinski definition) is 7. The quantitative estimate of drug-likeness (QED) is 0.296. The highest BCUT2D eigenvalue weighted by Crippen LogP contribution is 2.37. The Kier molecular flexibility index (Phi) is 6.91. The van der Waals surface area contributed by atoms with E-state index in [9.17, 15) is 13.2 Å². The summed E-state index contributed by atoms with van der Waals surface area (Å²) in [6, 6.07) is 10.3. The van der Waals surface area contributed by atoms with Gasteiger partial charge in [0.1, 0.15) is 5.82 Å². The molecule has 1 amide bonds. The van der Waals surface area contributed by atoms with Crippen LogP contribution in [0.25, 0.3) is 22.2 Å². The van der Waals surface area contributed by atoms with Crippen LogP contribution >= 0.6 is 11.6 Å². The number of amides is 1. The van der Waals surface area contributed by atoms with Crippen LogP contribution in [0.5, 0.6) is 0 Å². The molecule has 0 atom stereocenters.